The summed E-state index contributed by atoms with van der Waals surface area (Å²) in [5, 5.41) is 0.778. The molecule has 2 saturated heterocycles. The highest BCUT2D eigenvalue weighted by Gasteiger charge is 2.30. The number of pyridine rings is 1. The Bertz CT molecular complexity index is 786. The third-order valence-electron chi connectivity index (χ3n) is 5.73. The summed E-state index contributed by atoms with van der Waals surface area (Å²) in [6.07, 6.45) is 1.96. The number of rotatable bonds is 4. The first-order valence-corrected chi connectivity index (χ1v) is 10.4. The number of piperazine rings is 2. The lowest BCUT2D eigenvalue weighted by molar-refractivity contribution is -0.892. The first kappa shape index (κ1) is 19.0. The van der Waals surface area contributed by atoms with Crippen LogP contribution in [-0.2, 0) is 4.79 Å². The van der Waals surface area contributed by atoms with Crippen molar-refractivity contribution in [2.45, 2.75) is 0 Å². The third kappa shape index (κ3) is 4.39. The maximum atomic E-state index is 12.8. The van der Waals surface area contributed by atoms with Gasteiger partial charge in [-0.25, -0.2) is 4.98 Å². The summed E-state index contributed by atoms with van der Waals surface area (Å²) >= 11 is 6.31. The molecule has 2 aromatic rings. The van der Waals surface area contributed by atoms with Crippen LogP contribution in [0.5, 0.6) is 0 Å². The molecule has 1 aromatic heterocycles. The molecule has 28 heavy (non-hydrogen) atoms. The van der Waals surface area contributed by atoms with Crippen molar-refractivity contribution in [1.29, 1.82) is 0 Å². The van der Waals surface area contributed by atoms with Crippen molar-refractivity contribution in [2.75, 3.05) is 68.7 Å². The normalized spacial score (nSPS) is 18.4. The third-order valence-corrected chi connectivity index (χ3v) is 6.05. The lowest BCUT2D eigenvalue weighted by Gasteiger charge is -2.37. The number of carbonyl (C=O) groups excluding carboxylic acids is 1. The Hall–Kier alpha value is -2.31. The molecule has 0 radical (unpaired) electrons. The molecule has 2 fully saturated rings. The molecular weight excluding hydrogens is 374 g/mol. The average molecular weight is 402 g/mol. The number of quaternary nitrogens is 1. The quantitative estimate of drug-likeness (QED) is 0.796. The summed E-state index contributed by atoms with van der Waals surface area (Å²) in [6.45, 7) is 7.74. The predicted octanol–water partition coefficient (Wildman–Crippen LogP) is 0.208. The minimum atomic E-state index is 0.272. The van der Waals surface area contributed by atoms with Crippen LogP contribution >= 0.6 is 11.6 Å². The Labute approximate surface area is 171 Å². The number of carbonyl (C=O) groups is 1. The number of nitrogens with zero attached hydrogens (tertiary/aromatic N) is 3. The molecule has 7 heteroatoms. The lowest BCUT2D eigenvalue weighted by atomic mass is 10.2. The van der Waals surface area contributed by atoms with E-state index in [0.717, 1.165) is 68.9 Å². The van der Waals surface area contributed by atoms with Crippen LogP contribution in [-0.4, -0.2) is 69.7 Å². The second-order valence-corrected chi connectivity index (χ2v) is 7.89. The van der Waals surface area contributed by atoms with E-state index < -0.39 is 0 Å². The highest BCUT2D eigenvalue weighted by Crippen LogP contribution is 2.25. The largest absolute Gasteiger partial charge is 0.367 e. The zero-order valence-electron chi connectivity index (χ0n) is 16.1. The molecule has 3 heterocycles. The van der Waals surface area contributed by atoms with Crippen molar-refractivity contribution in [2.24, 2.45) is 0 Å². The standard InChI is InChI=1S/C21H26ClN5O/c22-18-5-1-2-6-19(18)25-13-15-27(16-14-25)21(28)17-24-9-11-26(12-10-24)20-7-3-4-8-23-20/h1-8H,9-17H2/p+2. The van der Waals surface area contributed by atoms with Crippen LogP contribution in [0.2, 0.25) is 5.02 Å². The van der Waals surface area contributed by atoms with Gasteiger partial charge in [0.15, 0.2) is 6.54 Å². The van der Waals surface area contributed by atoms with Gasteiger partial charge < -0.3 is 14.7 Å². The molecule has 0 atom stereocenters. The number of nitrogens with one attached hydrogen (secondary N) is 2. The fourth-order valence-corrected chi connectivity index (χ4v) is 4.31. The van der Waals surface area contributed by atoms with Gasteiger partial charge in [-0.2, -0.15) is 0 Å². The topological polar surface area (TPSA) is 45.4 Å². The highest BCUT2D eigenvalue weighted by molar-refractivity contribution is 6.33. The van der Waals surface area contributed by atoms with E-state index in [4.69, 9.17) is 11.6 Å². The Morgan fingerprint density at radius 2 is 1.64 bits per heavy atom. The average Bonchev–Trinajstić information content (AvgIpc) is 2.75. The van der Waals surface area contributed by atoms with Gasteiger partial charge in [-0.15, -0.1) is 0 Å². The molecule has 4 rings (SSSR count). The number of para-hydroxylation sites is 1. The van der Waals surface area contributed by atoms with E-state index >= 15 is 0 Å². The maximum Gasteiger partial charge on any atom is 0.277 e. The van der Waals surface area contributed by atoms with E-state index in [1.54, 1.807) is 0 Å². The van der Waals surface area contributed by atoms with E-state index in [9.17, 15) is 4.79 Å². The number of hydrogen-bond acceptors (Lipinski definition) is 3. The van der Waals surface area contributed by atoms with E-state index in [1.807, 2.05) is 41.4 Å². The molecule has 6 nitrogen and oxygen atoms in total. The summed E-state index contributed by atoms with van der Waals surface area (Å²) in [5.41, 5.74) is 1.07. The van der Waals surface area contributed by atoms with Crippen LogP contribution in [0.1, 0.15) is 0 Å². The molecule has 0 bridgehead atoms. The van der Waals surface area contributed by atoms with Gasteiger partial charge in [0.2, 0.25) is 0 Å². The molecule has 0 unspecified atom stereocenters. The van der Waals surface area contributed by atoms with Gasteiger partial charge in [0, 0.05) is 32.2 Å². The molecule has 2 aliphatic heterocycles. The zero-order valence-corrected chi connectivity index (χ0v) is 16.9. The van der Waals surface area contributed by atoms with Gasteiger partial charge in [-0.3, -0.25) is 9.69 Å². The number of aromatic nitrogens is 1. The van der Waals surface area contributed by atoms with Crippen LogP contribution < -0.4 is 19.7 Å². The number of anilines is 2. The molecule has 148 valence electrons. The summed E-state index contributed by atoms with van der Waals surface area (Å²) in [4.78, 5) is 24.1. The van der Waals surface area contributed by atoms with Crippen molar-refractivity contribution in [3.63, 3.8) is 0 Å². The monoisotopic (exact) mass is 401 g/mol. The van der Waals surface area contributed by atoms with Gasteiger partial charge in [0.25, 0.3) is 11.7 Å². The van der Waals surface area contributed by atoms with Crippen molar-refractivity contribution < 1.29 is 14.7 Å². The molecule has 0 aliphatic carbocycles. The fourth-order valence-electron chi connectivity index (χ4n) is 4.05. The van der Waals surface area contributed by atoms with Crippen molar-refractivity contribution in [3.8, 4) is 0 Å². The minimum absolute atomic E-state index is 0.272. The Balaban J connectivity index is 1.24. The molecular formula is C21H28ClN5O+2. The van der Waals surface area contributed by atoms with Crippen LogP contribution in [0.3, 0.4) is 0 Å². The predicted molar refractivity (Wildman–Crippen MR) is 111 cm³/mol. The Morgan fingerprint density at radius 1 is 0.929 bits per heavy atom. The Morgan fingerprint density at radius 3 is 2.32 bits per heavy atom. The first-order chi connectivity index (χ1) is 13.7. The van der Waals surface area contributed by atoms with E-state index in [-0.39, 0.29) is 5.91 Å². The maximum absolute atomic E-state index is 12.8. The van der Waals surface area contributed by atoms with E-state index in [0.29, 0.717) is 6.54 Å². The fraction of sp³-hybridized carbons (Fsp3) is 0.429. The first-order valence-electron chi connectivity index (χ1n) is 10.0. The summed E-state index contributed by atoms with van der Waals surface area (Å²) in [6, 6.07) is 14.1. The van der Waals surface area contributed by atoms with Gasteiger partial charge >= 0.3 is 0 Å². The van der Waals surface area contributed by atoms with Crippen LogP contribution in [0.25, 0.3) is 0 Å². The Kier molecular flexibility index (Phi) is 5.98. The summed E-state index contributed by atoms with van der Waals surface area (Å²) in [7, 11) is 0. The molecule has 1 aromatic carbocycles. The van der Waals surface area contributed by atoms with Gasteiger partial charge in [0.1, 0.15) is 26.2 Å². The number of hydrogen-bond donors (Lipinski definition) is 1. The minimum Gasteiger partial charge on any atom is -0.367 e. The molecule has 2 N–H and O–H groups in total. The van der Waals surface area contributed by atoms with Gasteiger partial charge in [0.05, 0.1) is 16.9 Å². The van der Waals surface area contributed by atoms with Crippen molar-refractivity contribution in [3.05, 3.63) is 53.7 Å². The molecule has 0 saturated carbocycles. The van der Waals surface area contributed by atoms with Crippen molar-refractivity contribution >= 4 is 29.0 Å². The van der Waals surface area contributed by atoms with Gasteiger partial charge in [-0.1, -0.05) is 29.8 Å². The number of H-pyrrole nitrogens is 1. The SMILES string of the molecule is O=C(C[NH+]1CCN(c2cccc[nH+]2)CC1)N1CCN(c2ccccc2Cl)CC1. The van der Waals surface area contributed by atoms with Crippen LogP contribution in [0.15, 0.2) is 48.7 Å². The van der Waals surface area contributed by atoms with Gasteiger partial charge in [-0.05, 0) is 18.2 Å². The number of aromatic amines is 1. The summed E-state index contributed by atoms with van der Waals surface area (Å²) < 4.78 is 0. The second-order valence-electron chi connectivity index (χ2n) is 7.48. The number of halogens is 1. The zero-order chi connectivity index (χ0) is 19.3. The van der Waals surface area contributed by atoms with Crippen molar-refractivity contribution in [1.82, 2.24) is 4.90 Å². The van der Waals surface area contributed by atoms with E-state index in [2.05, 4.69) is 26.9 Å². The second kappa shape index (κ2) is 8.80. The lowest BCUT2D eigenvalue weighted by Crippen LogP contribution is -3.16. The highest BCUT2D eigenvalue weighted by atomic mass is 35.5. The van der Waals surface area contributed by atoms with Crippen LogP contribution in [0.4, 0.5) is 11.5 Å². The smallest absolute Gasteiger partial charge is 0.277 e. The summed E-state index contributed by atoms with van der Waals surface area (Å²) in [5.74, 6) is 1.43. The van der Waals surface area contributed by atoms with Crippen LogP contribution in [0, 0.1) is 0 Å². The number of amides is 1. The number of benzene rings is 1. The molecule has 2 aliphatic rings. The molecule has 1 amide bonds. The van der Waals surface area contributed by atoms with E-state index in [1.165, 1.54) is 4.90 Å². The molecule has 0 spiro atoms.